The van der Waals surface area contributed by atoms with E-state index in [4.69, 9.17) is 16.7 Å². The van der Waals surface area contributed by atoms with Gasteiger partial charge < -0.3 is 0 Å². The van der Waals surface area contributed by atoms with E-state index in [2.05, 4.69) is 15.0 Å². The fourth-order valence-electron chi connectivity index (χ4n) is 1.16. The lowest BCUT2D eigenvalue weighted by Crippen LogP contribution is -2.12. The fourth-order valence-corrected chi connectivity index (χ4v) is 1.72. The van der Waals surface area contributed by atoms with Gasteiger partial charge >= 0.3 is 0 Å². The Kier molecular flexibility index (Phi) is 3.05. The Bertz CT molecular complexity index is 625. The quantitative estimate of drug-likeness (QED) is 0.815. The third-order valence-corrected chi connectivity index (χ3v) is 3.07. The second kappa shape index (κ2) is 4.36. The normalized spacial score (nSPS) is 11.4. The van der Waals surface area contributed by atoms with Crippen LogP contribution >= 0.6 is 11.6 Å². The summed E-state index contributed by atoms with van der Waals surface area (Å²) < 4.78 is 22.0. The maximum Gasteiger partial charge on any atom is 0.239 e. The molecule has 88 valence electrons. The molecule has 8 heteroatoms. The Morgan fingerprint density at radius 1 is 1.06 bits per heavy atom. The van der Waals surface area contributed by atoms with Crippen molar-refractivity contribution in [1.29, 1.82) is 0 Å². The predicted octanol–water partition coefficient (Wildman–Crippen LogP) is 0.839. The molecule has 0 saturated carbocycles. The second-order valence-corrected chi connectivity index (χ2v) is 5.06. The Morgan fingerprint density at radius 3 is 2.18 bits per heavy atom. The molecule has 2 aromatic rings. The van der Waals surface area contributed by atoms with E-state index in [0.717, 1.165) is 0 Å². The van der Waals surface area contributed by atoms with Crippen molar-refractivity contribution in [3.05, 3.63) is 36.0 Å². The summed E-state index contributed by atoms with van der Waals surface area (Å²) in [6.45, 7) is 0. The standard InChI is InChI=1S/C9H7ClN4O2S/c10-9-13-3-6(4-14-9)8-2-1-7(5-12-8)17(11,15)16/h1-5H,(H2,11,15,16). The van der Waals surface area contributed by atoms with Crippen molar-refractivity contribution >= 4 is 21.6 Å². The largest absolute Gasteiger partial charge is 0.255 e. The highest BCUT2D eigenvalue weighted by Crippen LogP contribution is 2.16. The van der Waals surface area contributed by atoms with Gasteiger partial charge in [-0.05, 0) is 23.7 Å². The average molecular weight is 271 g/mol. The van der Waals surface area contributed by atoms with Crippen LogP contribution in [0.1, 0.15) is 0 Å². The van der Waals surface area contributed by atoms with E-state index < -0.39 is 10.0 Å². The third kappa shape index (κ3) is 2.76. The van der Waals surface area contributed by atoms with Crippen LogP contribution in [0, 0.1) is 0 Å². The van der Waals surface area contributed by atoms with Gasteiger partial charge in [0.15, 0.2) is 0 Å². The first-order valence-electron chi connectivity index (χ1n) is 4.43. The number of nitrogens with two attached hydrogens (primary N) is 1. The van der Waals surface area contributed by atoms with Gasteiger partial charge in [0.05, 0.1) is 5.69 Å². The van der Waals surface area contributed by atoms with Crippen molar-refractivity contribution < 1.29 is 8.42 Å². The molecule has 0 aliphatic carbocycles. The predicted molar refractivity (Wildman–Crippen MR) is 61.6 cm³/mol. The van der Waals surface area contributed by atoms with Crippen LogP contribution in [-0.2, 0) is 10.0 Å². The minimum absolute atomic E-state index is 0.0452. The van der Waals surface area contributed by atoms with E-state index in [9.17, 15) is 8.42 Å². The Balaban J connectivity index is 2.39. The minimum Gasteiger partial charge on any atom is -0.255 e. The molecule has 0 fully saturated rings. The van der Waals surface area contributed by atoms with Crippen LogP contribution in [0.5, 0.6) is 0 Å². The van der Waals surface area contributed by atoms with E-state index in [1.807, 2.05) is 0 Å². The molecule has 0 unspecified atom stereocenters. The van der Waals surface area contributed by atoms with Gasteiger partial charge in [-0.1, -0.05) is 0 Å². The van der Waals surface area contributed by atoms with Crippen LogP contribution < -0.4 is 5.14 Å². The van der Waals surface area contributed by atoms with Crippen LogP contribution in [-0.4, -0.2) is 23.4 Å². The summed E-state index contributed by atoms with van der Waals surface area (Å²) in [5.74, 6) is 0. The molecule has 6 nitrogen and oxygen atoms in total. The Morgan fingerprint density at radius 2 is 1.71 bits per heavy atom. The van der Waals surface area contributed by atoms with Crippen molar-refractivity contribution in [2.45, 2.75) is 4.90 Å². The van der Waals surface area contributed by atoms with Gasteiger partial charge in [0.1, 0.15) is 4.90 Å². The first-order valence-corrected chi connectivity index (χ1v) is 6.36. The number of hydrogen-bond acceptors (Lipinski definition) is 5. The summed E-state index contributed by atoms with van der Waals surface area (Å²) in [5, 5.41) is 5.09. The first kappa shape index (κ1) is 11.9. The van der Waals surface area contributed by atoms with Crippen molar-refractivity contribution in [3.8, 4) is 11.3 Å². The summed E-state index contributed by atoms with van der Waals surface area (Å²) in [4.78, 5) is 11.5. The zero-order chi connectivity index (χ0) is 12.5. The number of sulfonamides is 1. The summed E-state index contributed by atoms with van der Waals surface area (Å²) in [6.07, 6.45) is 4.17. The molecule has 0 radical (unpaired) electrons. The fraction of sp³-hybridized carbons (Fsp3) is 0. The maximum absolute atomic E-state index is 11.0. The Hall–Kier alpha value is -1.57. The molecule has 0 aliphatic heterocycles. The Labute approximate surface area is 103 Å². The molecule has 0 atom stereocenters. The summed E-state index contributed by atoms with van der Waals surface area (Å²) in [7, 11) is -3.72. The molecule has 0 bridgehead atoms. The van der Waals surface area contributed by atoms with E-state index in [-0.39, 0.29) is 10.2 Å². The summed E-state index contributed by atoms with van der Waals surface area (Å²) >= 11 is 5.55. The molecule has 0 amide bonds. The summed E-state index contributed by atoms with van der Waals surface area (Å²) in [5.41, 5.74) is 1.17. The lowest BCUT2D eigenvalue weighted by molar-refractivity contribution is 0.597. The third-order valence-electron chi connectivity index (χ3n) is 1.98. The van der Waals surface area contributed by atoms with Gasteiger partial charge in [-0.2, -0.15) is 0 Å². The molecular formula is C9H7ClN4O2S. The van der Waals surface area contributed by atoms with Gasteiger partial charge in [-0.15, -0.1) is 0 Å². The highest BCUT2D eigenvalue weighted by atomic mass is 35.5. The van der Waals surface area contributed by atoms with Crippen molar-refractivity contribution in [2.24, 2.45) is 5.14 Å². The molecule has 0 aromatic carbocycles. The zero-order valence-corrected chi connectivity index (χ0v) is 9.98. The lowest BCUT2D eigenvalue weighted by atomic mass is 10.2. The average Bonchev–Trinajstić information content (AvgIpc) is 2.29. The molecule has 2 rings (SSSR count). The molecule has 2 heterocycles. The topological polar surface area (TPSA) is 98.8 Å². The van der Waals surface area contributed by atoms with Gasteiger partial charge in [-0.25, -0.2) is 23.5 Å². The molecule has 2 aromatic heterocycles. The minimum atomic E-state index is -3.72. The second-order valence-electron chi connectivity index (χ2n) is 3.16. The lowest BCUT2D eigenvalue weighted by Gasteiger charge is -2.01. The molecule has 2 N–H and O–H groups in total. The van der Waals surface area contributed by atoms with Crippen LogP contribution in [0.25, 0.3) is 11.3 Å². The number of pyridine rings is 1. The van der Waals surface area contributed by atoms with Crippen molar-refractivity contribution in [3.63, 3.8) is 0 Å². The first-order chi connectivity index (χ1) is 7.97. The number of rotatable bonds is 2. The van der Waals surface area contributed by atoms with Gasteiger partial charge in [0.25, 0.3) is 0 Å². The van der Waals surface area contributed by atoms with E-state index in [1.165, 1.54) is 30.7 Å². The number of primary sulfonamides is 1. The highest BCUT2D eigenvalue weighted by molar-refractivity contribution is 7.89. The smallest absolute Gasteiger partial charge is 0.239 e. The van der Waals surface area contributed by atoms with Crippen LogP contribution in [0.4, 0.5) is 0 Å². The molecule has 0 aliphatic rings. The number of nitrogens with zero attached hydrogens (tertiary/aromatic N) is 3. The van der Waals surface area contributed by atoms with Crippen LogP contribution in [0.15, 0.2) is 35.6 Å². The van der Waals surface area contributed by atoms with Crippen LogP contribution in [0.3, 0.4) is 0 Å². The zero-order valence-electron chi connectivity index (χ0n) is 8.41. The van der Waals surface area contributed by atoms with E-state index in [1.54, 1.807) is 0 Å². The monoisotopic (exact) mass is 270 g/mol. The SMILES string of the molecule is NS(=O)(=O)c1ccc(-c2cnc(Cl)nc2)nc1. The maximum atomic E-state index is 11.0. The molecule has 0 saturated heterocycles. The summed E-state index contributed by atoms with van der Waals surface area (Å²) in [6, 6.07) is 2.89. The van der Waals surface area contributed by atoms with E-state index in [0.29, 0.717) is 11.3 Å². The van der Waals surface area contributed by atoms with E-state index >= 15 is 0 Å². The molecule has 0 spiro atoms. The van der Waals surface area contributed by atoms with Crippen molar-refractivity contribution in [1.82, 2.24) is 15.0 Å². The number of aromatic nitrogens is 3. The van der Waals surface area contributed by atoms with Crippen molar-refractivity contribution in [2.75, 3.05) is 0 Å². The highest BCUT2D eigenvalue weighted by Gasteiger charge is 2.08. The van der Waals surface area contributed by atoms with Gasteiger partial charge in [-0.3, -0.25) is 4.98 Å². The number of hydrogen-bond donors (Lipinski definition) is 1. The van der Waals surface area contributed by atoms with Gasteiger partial charge in [0, 0.05) is 24.2 Å². The number of halogens is 1. The van der Waals surface area contributed by atoms with Crippen LogP contribution in [0.2, 0.25) is 5.28 Å². The molecular weight excluding hydrogens is 264 g/mol. The molecule has 17 heavy (non-hydrogen) atoms. The van der Waals surface area contributed by atoms with Gasteiger partial charge in [0.2, 0.25) is 15.3 Å².